The van der Waals surface area contributed by atoms with Crippen molar-refractivity contribution >= 4 is 29.7 Å². The van der Waals surface area contributed by atoms with Gasteiger partial charge in [0, 0.05) is 32.4 Å². The van der Waals surface area contributed by atoms with Crippen molar-refractivity contribution in [3.63, 3.8) is 0 Å². The van der Waals surface area contributed by atoms with Crippen molar-refractivity contribution in [2.75, 3.05) is 39.3 Å². The van der Waals surface area contributed by atoms with Crippen molar-refractivity contribution in [2.45, 2.75) is 101 Å². The second kappa shape index (κ2) is 13.3. The first-order valence-electron chi connectivity index (χ1n) is 16.5. The van der Waals surface area contributed by atoms with Gasteiger partial charge in [-0.15, -0.1) is 0 Å². The Kier molecular flexibility index (Phi) is 9.48. The summed E-state index contributed by atoms with van der Waals surface area (Å²) < 4.78 is 52.5. The van der Waals surface area contributed by atoms with Gasteiger partial charge in [0.25, 0.3) is 17.7 Å². The number of amides is 5. The second-order valence-electron chi connectivity index (χ2n) is 14.3. The number of alkyl halides is 2. The van der Waals surface area contributed by atoms with E-state index in [1.54, 1.807) is 15.9 Å². The van der Waals surface area contributed by atoms with Gasteiger partial charge >= 0.3 is 6.09 Å². The minimum absolute atomic E-state index is 0.0302. The van der Waals surface area contributed by atoms with Gasteiger partial charge < -0.3 is 23.8 Å². The number of ether oxygens (including phenoxy) is 4. The quantitative estimate of drug-likeness (QED) is 0.368. The maximum Gasteiger partial charge on any atom is 0.410 e. The number of benzene rings is 1. The lowest BCUT2D eigenvalue weighted by Crippen LogP contribution is -2.57. The zero-order chi connectivity index (χ0) is 34.4. The Morgan fingerprint density at radius 2 is 1.60 bits per heavy atom. The molecule has 1 aromatic carbocycles. The molecule has 6 rings (SSSR count). The maximum atomic E-state index is 14.8. The number of carbonyl (C=O) groups is 5. The second-order valence-corrected chi connectivity index (χ2v) is 14.3. The third-order valence-corrected chi connectivity index (χ3v) is 9.17. The molecule has 1 N–H and O–H groups in total. The molecule has 13 nitrogen and oxygen atoms in total. The van der Waals surface area contributed by atoms with E-state index < -0.39 is 54.3 Å². The van der Waals surface area contributed by atoms with E-state index in [1.807, 2.05) is 20.8 Å². The summed E-state index contributed by atoms with van der Waals surface area (Å²) in [5.74, 6) is -5.04. The summed E-state index contributed by atoms with van der Waals surface area (Å²) in [5.41, 5.74) is -0.295. The van der Waals surface area contributed by atoms with Gasteiger partial charge in [-0.25, -0.2) is 13.6 Å². The Hall–Kier alpha value is -3.69. The van der Waals surface area contributed by atoms with Crippen molar-refractivity contribution < 1.29 is 51.7 Å². The molecule has 0 bridgehead atoms. The lowest BCUT2D eigenvalue weighted by atomic mass is 9.92. The van der Waals surface area contributed by atoms with Crippen LogP contribution in [0.1, 0.15) is 80.0 Å². The highest BCUT2D eigenvalue weighted by molar-refractivity contribution is 6.23. The van der Waals surface area contributed by atoms with Crippen LogP contribution in [0.4, 0.5) is 13.6 Å². The summed E-state index contributed by atoms with van der Waals surface area (Å²) in [6, 6.07) is 3.41. The number of piperidine rings is 2. The number of rotatable bonds is 10. The molecular weight excluding hydrogens is 634 g/mol. The third kappa shape index (κ3) is 7.78. The highest BCUT2D eigenvalue weighted by Gasteiger charge is 2.45. The molecule has 4 aliphatic heterocycles. The summed E-state index contributed by atoms with van der Waals surface area (Å²) in [7, 11) is 0. The Morgan fingerprint density at radius 3 is 2.27 bits per heavy atom. The van der Waals surface area contributed by atoms with Crippen LogP contribution in [0.5, 0.6) is 5.75 Å². The Morgan fingerprint density at radius 1 is 0.917 bits per heavy atom. The molecule has 4 heterocycles. The number of nitrogens with one attached hydrogen (secondary N) is 1. The molecule has 0 aromatic heterocycles. The van der Waals surface area contributed by atoms with Crippen molar-refractivity contribution in [1.82, 2.24) is 20.0 Å². The van der Waals surface area contributed by atoms with Crippen LogP contribution in [-0.4, -0.2) is 126 Å². The van der Waals surface area contributed by atoms with Gasteiger partial charge in [-0.1, -0.05) is 0 Å². The summed E-state index contributed by atoms with van der Waals surface area (Å²) in [6.07, 6.45) is 1.03. The van der Waals surface area contributed by atoms with Crippen molar-refractivity contribution in [3.05, 3.63) is 29.3 Å². The number of carbonyl (C=O) groups excluding carboxylic acids is 5. The van der Waals surface area contributed by atoms with E-state index >= 15 is 0 Å². The standard InChI is InChI=1S/C33H42F2N4O9/c1-32(2,3)48-31(44)38-15-23(16-38)46-19-8-10-37(11-9-19)17-33(34,35)18-45-21-12-22(13-21)47-20-4-5-24-25(14-20)30(43)39(29(24)42)26-6-7-27(40)36-28(26)41/h4-5,14,19,21-23,26H,6-13,15-18H2,1-3H3,(H,36,40,41). The van der Waals surface area contributed by atoms with Gasteiger partial charge in [-0.05, 0) is 58.2 Å². The molecule has 48 heavy (non-hydrogen) atoms. The summed E-state index contributed by atoms with van der Waals surface area (Å²) >= 11 is 0. The molecule has 1 unspecified atom stereocenters. The first-order valence-corrected chi connectivity index (χ1v) is 16.5. The topological polar surface area (TPSA) is 144 Å². The number of hydrogen-bond acceptors (Lipinski definition) is 10. The van der Waals surface area contributed by atoms with Crippen LogP contribution in [0, 0.1) is 0 Å². The third-order valence-electron chi connectivity index (χ3n) is 9.17. The van der Waals surface area contributed by atoms with Crippen LogP contribution >= 0.6 is 0 Å². The zero-order valence-corrected chi connectivity index (χ0v) is 27.4. The smallest absolute Gasteiger partial charge is 0.410 e. The number of hydrogen-bond donors (Lipinski definition) is 1. The monoisotopic (exact) mass is 676 g/mol. The average molecular weight is 677 g/mol. The van der Waals surface area contributed by atoms with E-state index in [4.69, 9.17) is 18.9 Å². The highest BCUT2D eigenvalue weighted by atomic mass is 19.3. The Bertz CT molecular complexity index is 1450. The first kappa shape index (κ1) is 34.2. The zero-order valence-electron chi connectivity index (χ0n) is 27.4. The van der Waals surface area contributed by atoms with Crippen LogP contribution in [0.15, 0.2) is 18.2 Å². The van der Waals surface area contributed by atoms with E-state index in [0.717, 1.165) is 4.90 Å². The van der Waals surface area contributed by atoms with Gasteiger partial charge in [0.15, 0.2) is 0 Å². The molecule has 1 aliphatic carbocycles. The molecule has 5 amide bonds. The van der Waals surface area contributed by atoms with E-state index in [-0.39, 0.29) is 54.5 Å². The van der Waals surface area contributed by atoms with Gasteiger partial charge in [0.2, 0.25) is 11.8 Å². The van der Waals surface area contributed by atoms with Crippen LogP contribution in [0.25, 0.3) is 0 Å². The predicted molar refractivity (Wildman–Crippen MR) is 164 cm³/mol. The first-order chi connectivity index (χ1) is 22.6. The molecule has 1 atom stereocenters. The number of imide groups is 2. The normalized spacial score (nSPS) is 25.8. The Labute approximate surface area is 277 Å². The minimum atomic E-state index is -3.02. The molecule has 0 spiro atoms. The van der Waals surface area contributed by atoms with Gasteiger partial charge in [0.05, 0.1) is 49.1 Å². The van der Waals surface area contributed by atoms with Crippen LogP contribution in [0.2, 0.25) is 0 Å². The van der Waals surface area contributed by atoms with Crippen molar-refractivity contribution in [2.24, 2.45) is 0 Å². The maximum absolute atomic E-state index is 14.8. The fraction of sp³-hybridized carbons (Fsp3) is 0.667. The van der Waals surface area contributed by atoms with Crippen LogP contribution in [-0.2, 0) is 23.8 Å². The van der Waals surface area contributed by atoms with Crippen LogP contribution < -0.4 is 10.1 Å². The van der Waals surface area contributed by atoms with Gasteiger partial charge in [-0.2, -0.15) is 0 Å². The lowest BCUT2D eigenvalue weighted by Gasteiger charge is -2.42. The summed E-state index contributed by atoms with van der Waals surface area (Å²) in [6.45, 7) is 6.27. The summed E-state index contributed by atoms with van der Waals surface area (Å²) in [4.78, 5) is 66.0. The van der Waals surface area contributed by atoms with Gasteiger partial charge in [0.1, 0.15) is 30.1 Å². The van der Waals surface area contributed by atoms with Crippen molar-refractivity contribution in [3.8, 4) is 5.75 Å². The van der Waals surface area contributed by atoms with E-state index in [1.165, 1.54) is 12.1 Å². The minimum Gasteiger partial charge on any atom is -0.490 e. The molecule has 15 heteroatoms. The fourth-order valence-electron chi connectivity index (χ4n) is 6.55. The molecule has 262 valence electrons. The predicted octanol–water partition coefficient (Wildman–Crippen LogP) is 2.75. The highest BCUT2D eigenvalue weighted by Crippen LogP contribution is 2.34. The van der Waals surface area contributed by atoms with E-state index in [0.29, 0.717) is 57.6 Å². The number of nitrogens with zero attached hydrogens (tertiary/aromatic N) is 3. The number of fused-ring (bicyclic) bond motifs is 1. The SMILES string of the molecule is CC(C)(C)OC(=O)N1CC(OC2CCN(CC(F)(F)COC3CC(Oc4ccc5c(c4)C(=O)N(C4CCC(=O)NC4=O)C5=O)C3)CC2)C1. The lowest BCUT2D eigenvalue weighted by molar-refractivity contribution is -0.149. The van der Waals surface area contributed by atoms with Crippen LogP contribution in [0.3, 0.4) is 0 Å². The molecule has 0 radical (unpaired) electrons. The van der Waals surface area contributed by atoms with E-state index in [2.05, 4.69) is 5.32 Å². The van der Waals surface area contributed by atoms with Crippen molar-refractivity contribution in [1.29, 1.82) is 0 Å². The number of halogens is 2. The number of likely N-dealkylation sites (tertiary alicyclic amines) is 2. The fourth-order valence-corrected chi connectivity index (χ4v) is 6.55. The molecular formula is C33H42F2N4O9. The largest absolute Gasteiger partial charge is 0.490 e. The van der Waals surface area contributed by atoms with E-state index in [9.17, 15) is 32.8 Å². The Balaban J connectivity index is 0.877. The average Bonchev–Trinajstić information content (AvgIpc) is 3.20. The molecule has 4 fully saturated rings. The van der Waals surface area contributed by atoms with Gasteiger partial charge in [-0.3, -0.25) is 34.3 Å². The molecule has 1 saturated carbocycles. The summed E-state index contributed by atoms with van der Waals surface area (Å²) in [5, 5.41) is 2.16. The molecule has 1 aromatic rings. The molecule has 5 aliphatic rings. The molecule has 3 saturated heterocycles.